The van der Waals surface area contributed by atoms with E-state index in [4.69, 9.17) is 0 Å². The molecule has 0 aliphatic heterocycles. The first-order valence-electron chi connectivity index (χ1n) is 6.42. The Morgan fingerprint density at radius 3 is 2.86 bits per heavy atom. The van der Waals surface area contributed by atoms with Crippen LogP contribution in [0, 0.1) is 5.82 Å². The van der Waals surface area contributed by atoms with E-state index < -0.39 is 0 Å². The van der Waals surface area contributed by atoms with Gasteiger partial charge >= 0.3 is 0 Å². The lowest BCUT2D eigenvalue weighted by Gasteiger charge is -2.08. The third-order valence-electron chi connectivity index (χ3n) is 3.16. The SMILES string of the molecule is O=C(Cn1ccc2ccc(F)cc21)Nc1cccc(Br)c1. The lowest BCUT2D eigenvalue weighted by Crippen LogP contribution is -2.18. The molecule has 1 aromatic heterocycles. The number of nitrogens with one attached hydrogen (secondary N) is 1. The maximum Gasteiger partial charge on any atom is 0.244 e. The van der Waals surface area contributed by atoms with E-state index in [1.807, 2.05) is 30.3 Å². The Hall–Kier alpha value is -2.14. The van der Waals surface area contributed by atoms with E-state index in [1.165, 1.54) is 12.1 Å². The monoisotopic (exact) mass is 346 g/mol. The Kier molecular flexibility index (Phi) is 3.75. The molecule has 1 heterocycles. The number of hydrogen-bond donors (Lipinski definition) is 1. The molecule has 3 rings (SSSR count). The van der Waals surface area contributed by atoms with Crippen LogP contribution in [0.15, 0.2) is 59.2 Å². The second-order valence-electron chi connectivity index (χ2n) is 4.71. The molecule has 3 nitrogen and oxygen atoms in total. The van der Waals surface area contributed by atoms with Crippen LogP contribution < -0.4 is 5.32 Å². The number of anilines is 1. The van der Waals surface area contributed by atoms with Crippen LogP contribution in [0.1, 0.15) is 0 Å². The van der Waals surface area contributed by atoms with E-state index in [9.17, 15) is 9.18 Å². The van der Waals surface area contributed by atoms with Gasteiger partial charge in [-0.25, -0.2) is 4.39 Å². The van der Waals surface area contributed by atoms with Crippen LogP contribution in [-0.4, -0.2) is 10.5 Å². The first-order chi connectivity index (χ1) is 10.1. The van der Waals surface area contributed by atoms with Crippen molar-refractivity contribution < 1.29 is 9.18 Å². The first kappa shape index (κ1) is 13.8. The highest BCUT2D eigenvalue weighted by Crippen LogP contribution is 2.18. The number of fused-ring (bicyclic) bond motifs is 1. The Morgan fingerprint density at radius 2 is 2.05 bits per heavy atom. The highest BCUT2D eigenvalue weighted by molar-refractivity contribution is 9.10. The fraction of sp³-hybridized carbons (Fsp3) is 0.0625. The fourth-order valence-electron chi connectivity index (χ4n) is 2.22. The molecule has 21 heavy (non-hydrogen) atoms. The molecule has 0 bridgehead atoms. The van der Waals surface area contributed by atoms with E-state index in [2.05, 4.69) is 21.2 Å². The first-order valence-corrected chi connectivity index (χ1v) is 7.21. The van der Waals surface area contributed by atoms with Crippen LogP contribution in [0.25, 0.3) is 10.9 Å². The zero-order chi connectivity index (χ0) is 14.8. The maximum absolute atomic E-state index is 13.3. The standard InChI is InChI=1S/C16H12BrFN2O/c17-12-2-1-3-14(8-12)19-16(21)10-20-7-6-11-4-5-13(18)9-15(11)20/h1-9H,10H2,(H,19,21). The molecule has 0 radical (unpaired) electrons. The third-order valence-corrected chi connectivity index (χ3v) is 3.65. The summed E-state index contributed by atoms with van der Waals surface area (Å²) < 4.78 is 15.9. The maximum atomic E-state index is 13.3. The highest BCUT2D eigenvalue weighted by Gasteiger charge is 2.07. The molecule has 0 unspecified atom stereocenters. The van der Waals surface area contributed by atoms with Crippen LogP contribution in [-0.2, 0) is 11.3 Å². The summed E-state index contributed by atoms with van der Waals surface area (Å²) in [4.78, 5) is 12.1. The molecule has 3 aromatic rings. The summed E-state index contributed by atoms with van der Waals surface area (Å²) in [5.41, 5.74) is 1.43. The molecular weight excluding hydrogens is 335 g/mol. The van der Waals surface area contributed by atoms with Crippen molar-refractivity contribution in [2.75, 3.05) is 5.32 Å². The highest BCUT2D eigenvalue weighted by atomic mass is 79.9. The summed E-state index contributed by atoms with van der Waals surface area (Å²) >= 11 is 3.36. The van der Waals surface area contributed by atoms with Crippen molar-refractivity contribution in [2.24, 2.45) is 0 Å². The third kappa shape index (κ3) is 3.13. The van der Waals surface area contributed by atoms with E-state index in [0.29, 0.717) is 5.52 Å². The Labute approximate surface area is 129 Å². The van der Waals surface area contributed by atoms with Crippen molar-refractivity contribution >= 4 is 38.4 Å². The minimum atomic E-state index is -0.310. The number of hydrogen-bond acceptors (Lipinski definition) is 1. The minimum absolute atomic E-state index is 0.138. The normalized spacial score (nSPS) is 10.8. The molecule has 106 valence electrons. The van der Waals surface area contributed by atoms with Gasteiger partial charge in [-0.05, 0) is 47.9 Å². The number of benzene rings is 2. The van der Waals surface area contributed by atoms with Crippen molar-refractivity contribution in [3.8, 4) is 0 Å². The van der Waals surface area contributed by atoms with Crippen molar-refractivity contribution in [3.05, 3.63) is 65.0 Å². The average molecular weight is 347 g/mol. The number of carbonyl (C=O) groups excluding carboxylic acids is 1. The van der Waals surface area contributed by atoms with Gasteiger partial charge < -0.3 is 9.88 Å². The number of nitrogens with zero attached hydrogens (tertiary/aromatic N) is 1. The second kappa shape index (κ2) is 5.69. The topological polar surface area (TPSA) is 34.0 Å². The number of rotatable bonds is 3. The predicted molar refractivity (Wildman–Crippen MR) is 84.7 cm³/mol. The van der Waals surface area contributed by atoms with Gasteiger partial charge in [-0.2, -0.15) is 0 Å². The molecule has 5 heteroatoms. The second-order valence-corrected chi connectivity index (χ2v) is 5.62. The van der Waals surface area contributed by atoms with Gasteiger partial charge in [-0.15, -0.1) is 0 Å². The van der Waals surface area contributed by atoms with Crippen LogP contribution in [0.5, 0.6) is 0 Å². The average Bonchev–Trinajstić information content (AvgIpc) is 2.81. The van der Waals surface area contributed by atoms with Crippen LogP contribution in [0.2, 0.25) is 0 Å². The number of halogens is 2. The van der Waals surface area contributed by atoms with Gasteiger partial charge in [0.2, 0.25) is 5.91 Å². The molecule has 0 atom stereocenters. The molecule has 1 amide bonds. The number of carbonyl (C=O) groups is 1. The molecule has 0 spiro atoms. The van der Waals surface area contributed by atoms with Gasteiger partial charge in [0.25, 0.3) is 0 Å². The molecule has 0 fully saturated rings. The molecule has 0 saturated carbocycles. The Morgan fingerprint density at radius 1 is 1.19 bits per heavy atom. The van der Waals surface area contributed by atoms with Gasteiger partial charge in [-0.3, -0.25) is 4.79 Å². The quantitative estimate of drug-likeness (QED) is 0.758. The Balaban J connectivity index is 1.79. The lowest BCUT2D eigenvalue weighted by atomic mass is 10.2. The molecule has 0 saturated heterocycles. The lowest BCUT2D eigenvalue weighted by molar-refractivity contribution is -0.116. The van der Waals surface area contributed by atoms with Gasteiger partial charge in [0.15, 0.2) is 0 Å². The van der Waals surface area contributed by atoms with Crippen LogP contribution in [0.3, 0.4) is 0 Å². The van der Waals surface area contributed by atoms with E-state index in [0.717, 1.165) is 15.5 Å². The molecule has 1 N–H and O–H groups in total. The van der Waals surface area contributed by atoms with E-state index in [-0.39, 0.29) is 18.3 Å². The fourth-order valence-corrected chi connectivity index (χ4v) is 2.62. The van der Waals surface area contributed by atoms with Gasteiger partial charge in [0.05, 0.1) is 5.52 Å². The van der Waals surface area contributed by atoms with Gasteiger partial charge in [0, 0.05) is 16.4 Å². The number of aromatic nitrogens is 1. The summed E-state index contributed by atoms with van der Waals surface area (Å²) in [5.74, 6) is -0.468. The van der Waals surface area contributed by atoms with Gasteiger partial charge in [0.1, 0.15) is 12.4 Å². The van der Waals surface area contributed by atoms with E-state index in [1.54, 1.807) is 16.8 Å². The molecular formula is C16H12BrFN2O. The molecule has 0 aliphatic carbocycles. The van der Waals surface area contributed by atoms with E-state index >= 15 is 0 Å². The predicted octanol–water partition coefficient (Wildman–Crippen LogP) is 4.18. The largest absolute Gasteiger partial charge is 0.338 e. The van der Waals surface area contributed by atoms with Crippen molar-refractivity contribution in [1.82, 2.24) is 4.57 Å². The zero-order valence-electron chi connectivity index (χ0n) is 11.0. The minimum Gasteiger partial charge on any atom is -0.338 e. The summed E-state index contributed by atoms with van der Waals surface area (Å²) in [6.07, 6.45) is 1.78. The Bertz CT molecular complexity index is 813. The van der Waals surface area contributed by atoms with Crippen molar-refractivity contribution in [3.63, 3.8) is 0 Å². The van der Waals surface area contributed by atoms with Crippen LogP contribution in [0.4, 0.5) is 10.1 Å². The smallest absolute Gasteiger partial charge is 0.244 e. The van der Waals surface area contributed by atoms with Crippen LogP contribution >= 0.6 is 15.9 Å². The van der Waals surface area contributed by atoms with Crippen molar-refractivity contribution in [1.29, 1.82) is 0 Å². The number of amides is 1. The zero-order valence-corrected chi connectivity index (χ0v) is 12.6. The molecule has 2 aromatic carbocycles. The molecule has 0 aliphatic rings. The summed E-state index contributed by atoms with van der Waals surface area (Å²) in [5, 5.41) is 3.73. The summed E-state index contributed by atoms with van der Waals surface area (Å²) in [7, 11) is 0. The summed E-state index contributed by atoms with van der Waals surface area (Å²) in [6.45, 7) is 0.138. The van der Waals surface area contributed by atoms with Gasteiger partial charge in [-0.1, -0.05) is 22.0 Å². The van der Waals surface area contributed by atoms with Crippen molar-refractivity contribution in [2.45, 2.75) is 6.54 Å². The summed E-state index contributed by atoms with van der Waals surface area (Å²) in [6, 6.07) is 13.8.